The Morgan fingerprint density at radius 3 is 1.37 bits per heavy atom. The normalized spacial score (nSPS) is 13.4. The summed E-state index contributed by atoms with van der Waals surface area (Å²) in [6.07, 6.45) is 52.6. The fraction of sp³-hybridized carbons (Fsp3) is 0.750. The van der Waals surface area contributed by atoms with Crippen LogP contribution in [0.15, 0.2) is 60.8 Å². The van der Waals surface area contributed by atoms with Gasteiger partial charge in [0.2, 0.25) is 0 Å². The molecule has 8 heteroatoms. The molecular formula is C52H92NO7+. The number of hydrogen-bond donors (Lipinski definition) is 1. The number of unbranched alkanes of at least 4 members (excludes halogenated alkanes) is 23. The van der Waals surface area contributed by atoms with Gasteiger partial charge in [0.1, 0.15) is 6.61 Å². The molecular weight excluding hydrogens is 751 g/mol. The van der Waals surface area contributed by atoms with Crippen molar-refractivity contribution in [3.8, 4) is 0 Å². The molecule has 60 heavy (non-hydrogen) atoms. The van der Waals surface area contributed by atoms with Crippen LogP contribution in [-0.4, -0.2) is 80.6 Å². The van der Waals surface area contributed by atoms with Gasteiger partial charge in [-0.05, 0) is 32.1 Å². The van der Waals surface area contributed by atoms with Crippen molar-refractivity contribution in [2.75, 3.05) is 41.0 Å². The van der Waals surface area contributed by atoms with Crippen LogP contribution in [0.1, 0.15) is 200 Å². The predicted molar refractivity (Wildman–Crippen MR) is 252 cm³/mol. The lowest BCUT2D eigenvalue weighted by Gasteiger charge is -2.31. The van der Waals surface area contributed by atoms with Crippen LogP contribution in [0.3, 0.4) is 0 Å². The summed E-state index contributed by atoms with van der Waals surface area (Å²) in [6, 6.07) is -0.621. The maximum absolute atomic E-state index is 12.8. The van der Waals surface area contributed by atoms with Crippen molar-refractivity contribution in [3.63, 3.8) is 0 Å². The Labute approximate surface area is 368 Å². The lowest BCUT2D eigenvalue weighted by Crippen LogP contribution is -2.50. The van der Waals surface area contributed by atoms with E-state index in [4.69, 9.17) is 14.2 Å². The third kappa shape index (κ3) is 40.4. The van der Waals surface area contributed by atoms with E-state index in [0.29, 0.717) is 19.3 Å². The molecule has 0 heterocycles. The number of quaternary nitrogens is 1. The van der Waals surface area contributed by atoms with Crippen molar-refractivity contribution >= 4 is 17.9 Å². The second-order valence-electron chi connectivity index (χ2n) is 17.5. The van der Waals surface area contributed by atoms with Crippen molar-refractivity contribution in [1.82, 2.24) is 0 Å². The van der Waals surface area contributed by atoms with Crippen molar-refractivity contribution < 1.29 is 38.2 Å². The summed E-state index contributed by atoms with van der Waals surface area (Å²) in [6.45, 7) is 4.64. The molecule has 346 valence electrons. The first-order valence-corrected chi connectivity index (χ1v) is 24.4. The minimum Gasteiger partial charge on any atom is -0.477 e. The van der Waals surface area contributed by atoms with Gasteiger partial charge in [0, 0.05) is 19.3 Å². The molecule has 0 aliphatic rings. The van der Waals surface area contributed by atoms with Gasteiger partial charge in [-0.3, -0.25) is 9.59 Å². The first kappa shape index (κ1) is 57.0. The summed E-state index contributed by atoms with van der Waals surface area (Å²) in [5, 5.41) is 9.64. The Morgan fingerprint density at radius 2 is 0.917 bits per heavy atom. The lowest BCUT2D eigenvalue weighted by atomic mass is 10.0. The van der Waals surface area contributed by atoms with Crippen LogP contribution in [-0.2, 0) is 28.6 Å². The Kier molecular flexibility index (Phi) is 40.6. The van der Waals surface area contributed by atoms with E-state index < -0.39 is 18.1 Å². The van der Waals surface area contributed by atoms with Crippen LogP contribution in [0, 0.1) is 0 Å². The van der Waals surface area contributed by atoms with Gasteiger partial charge < -0.3 is 23.8 Å². The molecule has 2 atom stereocenters. The summed E-state index contributed by atoms with van der Waals surface area (Å²) in [4.78, 5) is 37.1. The predicted octanol–water partition coefficient (Wildman–Crippen LogP) is 13.8. The van der Waals surface area contributed by atoms with Gasteiger partial charge in [-0.15, -0.1) is 0 Å². The van der Waals surface area contributed by atoms with Gasteiger partial charge >= 0.3 is 17.9 Å². The zero-order chi connectivity index (χ0) is 44.2. The zero-order valence-electron chi connectivity index (χ0n) is 39.4. The number of carbonyl (C=O) groups excluding carboxylic acids is 2. The number of carboxylic acids is 1. The number of allylic oxidation sites excluding steroid dienone is 10. The smallest absolute Gasteiger partial charge is 0.362 e. The van der Waals surface area contributed by atoms with Crippen LogP contribution < -0.4 is 0 Å². The Hall–Kier alpha value is -2.97. The van der Waals surface area contributed by atoms with E-state index in [0.717, 1.165) is 64.2 Å². The summed E-state index contributed by atoms with van der Waals surface area (Å²) in [5.74, 6) is -1.50. The number of aliphatic carboxylic acids is 1. The first-order chi connectivity index (χ1) is 29.1. The third-order valence-electron chi connectivity index (χ3n) is 10.8. The molecule has 0 aromatic heterocycles. The minimum atomic E-state index is -0.880. The van der Waals surface area contributed by atoms with Gasteiger partial charge in [-0.25, -0.2) is 4.79 Å². The molecule has 0 saturated heterocycles. The van der Waals surface area contributed by atoms with Gasteiger partial charge in [-0.2, -0.15) is 0 Å². The van der Waals surface area contributed by atoms with Crippen molar-refractivity contribution in [1.29, 1.82) is 0 Å². The molecule has 0 bridgehead atoms. The number of rotatable bonds is 43. The number of likely N-dealkylation sites (N-methyl/N-ethyl adjacent to an activating group) is 1. The van der Waals surface area contributed by atoms with Gasteiger partial charge in [0.25, 0.3) is 0 Å². The number of nitrogens with zero attached hydrogens (tertiary/aromatic N) is 1. The molecule has 0 aliphatic heterocycles. The van der Waals surface area contributed by atoms with Crippen LogP contribution in [0.25, 0.3) is 0 Å². The maximum atomic E-state index is 12.8. The topological polar surface area (TPSA) is 99.1 Å². The van der Waals surface area contributed by atoms with Crippen LogP contribution in [0.5, 0.6) is 0 Å². The second-order valence-corrected chi connectivity index (χ2v) is 17.5. The quantitative estimate of drug-likeness (QED) is 0.0282. The fourth-order valence-corrected chi connectivity index (χ4v) is 7.00. The number of ether oxygens (including phenoxy) is 3. The molecule has 0 spiro atoms. The van der Waals surface area contributed by atoms with Gasteiger partial charge in [-0.1, -0.05) is 209 Å². The fourth-order valence-electron chi connectivity index (χ4n) is 7.00. The number of carboxylic acid groups (broad SMARTS) is 1. The van der Waals surface area contributed by atoms with Crippen molar-refractivity contribution in [3.05, 3.63) is 60.8 Å². The monoisotopic (exact) mass is 843 g/mol. The average molecular weight is 843 g/mol. The highest BCUT2D eigenvalue weighted by molar-refractivity contribution is 5.72. The van der Waals surface area contributed by atoms with Crippen molar-refractivity contribution in [2.45, 2.75) is 212 Å². The molecule has 0 aromatic carbocycles. The summed E-state index contributed by atoms with van der Waals surface area (Å²) < 4.78 is 17.3. The first-order valence-electron chi connectivity index (χ1n) is 24.4. The van der Waals surface area contributed by atoms with E-state index >= 15 is 0 Å². The molecule has 0 amide bonds. The molecule has 0 aromatic rings. The number of hydrogen-bond acceptors (Lipinski definition) is 6. The molecule has 8 nitrogen and oxygen atoms in total. The van der Waals surface area contributed by atoms with Crippen LogP contribution >= 0.6 is 0 Å². The zero-order valence-corrected chi connectivity index (χ0v) is 39.4. The summed E-state index contributed by atoms with van der Waals surface area (Å²) >= 11 is 0. The highest BCUT2D eigenvalue weighted by Gasteiger charge is 2.31. The van der Waals surface area contributed by atoms with E-state index in [1.165, 1.54) is 103 Å². The molecule has 2 unspecified atom stereocenters. The standard InChI is InChI=1S/C52H91NO7/c1-6-8-10-12-14-16-18-20-22-24-26-28-30-32-34-36-38-40-42-50(54)59-47-48(46-58-45-44-49(52(56)57)53(3,4)5)60-51(55)43-41-39-37-35-33-31-29-27-25-23-21-19-17-15-13-11-9-7-2/h11,13,15,17,19,21,23,25,27,29,48-49H,6-10,12,14,16,18,20,22,24,26,28,30-47H2,1-5H3/p+1/b13-11+,17-15+,21-19+,25-23+,29-27+. The Morgan fingerprint density at radius 1 is 0.500 bits per heavy atom. The molecule has 0 aliphatic carbocycles. The molecule has 0 rings (SSSR count). The summed E-state index contributed by atoms with van der Waals surface area (Å²) in [5.41, 5.74) is 0. The van der Waals surface area contributed by atoms with Gasteiger partial charge in [0.05, 0.1) is 34.4 Å². The van der Waals surface area contributed by atoms with Crippen LogP contribution in [0.2, 0.25) is 0 Å². The highest BCUT2D eigenvalue weighted by Crippen LogP contribution is 2.16. The van der Waals surface area contributed by atoms with Gasteiger partial charge in [0.15, 0.2) is 12.1 Å². The number of carbonyl (C=O) groups is 3. The Balaban J connectivity index is 4.33. The highest BCUT2D eigenvalue weighted by atomic mass is 16.6. The van der Waals surface area contributed by atoms with E-state index in [1.807, 2.05) is 57.6 Å². The summed E-state index contributed by atoms with van der Waals surface area (Å²) in [7, 11) is 5.52. The largest absolute Gasteiger partial charge is 0.477 e. The second kappa shape index (κ2) is 42.7. The maximum Gasteiger partial charge on any atom is 0.362 e. The number of esters is 2. The lowest BCUT2D eigenvalue weighted by molar-refractivity contribution is -0.887. The molecule has 0 fully saturated rings. The van der Waals surface area contributed by atoms with E-state index in [-0.39, 0.29) is 36.2 Å². The molecule has 1 N–H and O–H groups in total. The molecule has 0 radical (unpaired) electrons. The Bertz CT molecular complexity index is 1170. The van der Waals surface area contributed by atoms with Crippen molar-refractivity contribution in [2.24, 2.45) is 0 Å². The molecule has 0 saturated carbocycles. The third-order valence-corrected chi connectivity index (χ3v) is 10.8. The average Bonchev–Trinajstić information content (AvgIpc) is 3.21. The van der Waals surface area contributed by atoms with Crippen LogP contribution in [0.4, 0.5) is 0 Å². The van der Waals surface area contributed by atoms with E-state index in [2.05, 4.69) is 38.2 Å². The van der Waals surface area contributed by atoms with E-state index in [9.17, 15) is 19.5 Å². The SMILES string of the molecule is CCC/C=C/C=C/C=C/C=C/C=C/CCCCCCCC(=O)OC(COCCC(C(=O)O)[N+](C)(C)C)COC(=O)CCCCCCCCCCCCCCCCCCCC. The minimum absolute atomic E-state index is 0.0501. The van der Waals surface area contributed by atoms with E-state index in [1.54, 1.807) is 0 Å².